The third-order valence-electron chi connectivity index (χ3n) is 5.50. The molecule has 2 heterocycles. The minimum atomic E-state index is -4.77. The Morgan fingerprint density at radius 1 is 1.06 bits per heavy atom. The van der Waals surface area contributed by atoms with Gasteiger partial charge in [-0.15, -0.1) is 0 Å². The quantitative estimate of drug-likeness (QED) is 0.369. The Labute approximate surface area is 201 Å². The van der Waals surface area contributed by atoms with Crippen LogP contribution in [0, 0.1) is 17.5 Å². The van der Waals surface area contributed by atoms with Crippen molar-refractivity contribution in [2.45, 2.75) is 18.8 Å². The molecule has 192 valence electrons. The molecule has 0 spiro atoms. The fourth-order valence-corrected chi connectivity index (χ4v) is 3.81. The van der Waals surface area contributed by atoms with Crippen LogP contribution in [0.5, 0.6) is 0 Å². The lowest BCUT2D eigenvalue weighted by atomic mass is 10.1. The molecule has 0 radical (unpaired) electrons. The van der Waals surface area contributed by atoms with Gasteiger partial charge in [0.2, 0.25) is 0 Å². The van der Waals surface area contributed by atoms with Crippen molar-refractivity contribution >= 4 is 23.1 Å². The molecule has 1 aliphatic rings. The SMILES string of the molecule is Nc1ccn(CC2CNCCO2)c1-c1cc(F)c(NC(=O)Nc2cc(C(F)(F)F)ccc2F)cc1F. The van der Waals surface area contributed by atoms with E-state index in [-0.39, 0.29) is 23.0 Å². The Balaban J connectivity index is 1.54. The van der Waals surface area contributed by atoms with Crippen molar-refractivity contribution in [2.24, 2.45) is 0 Å². The highest BCUT2D eigenvalue weighted by Crippen LogP contribution is 2.34. The summed E-state index contributed by atoms with van der Waals surface area (Å²) in [6.45, 7) is 2.11. The number of nitrogens with zero attached hydrogens (tertiary/aromatic N) is 1. The largest absolute Gasteiger partial charge is 0.416 e. The fourth-order valence-electron chi connectivity index (χ4n) is 3.81. The number of ether oxygens (including phenoxy) is 1. The summed E-state index contributed by atoms with van der Waals surface area (Å²) in [5, 5.41) is 7.01. The number of halogens is 6. The fraction of sp³-hybridized carbons (Fsp3) is 0.261. The van der Waals surface area contributed by atoms with Gasteiger partial charge in [-0.05, 0) is 30.3 Å². The number of amides is 2. The average Bonchev–Trinajstić information content (AvgIpc) is 3.17. The first-order valence-electron chi connectivity index (χ1n) is 10.7. The number of nitrogens with two attached hydrogens (primary N) is 1. The Hall–Kier alpha value is -3.71. The number of carbonyl (C=O) groups is 1. The van der Waals surface area contributed by atoms with Gasteiger partial charge in [0.05, 0.1) is 47.6 Å². The van der Waals surface area contributed by atoms with Crippen LogP contribution < -0.4 is 21.7 Å². The smallest absolute Gasteiger partial charge is 0.397 e. The van der Waals surface area contributed by atoms with E-state index in [1.54, 1.807) is 10.8 Å². The minimum Gasteiger partial charge on any atom is -0.397 e. The van der Waals surface area contributed by atoms with Gasteiger partial charge in [-0.2, -0.15) is 13.2 Å². The number of aromatic nitrogens is 1. The second-order valence-corrected chi connectivity index (χ2v) is 8.05. The Morgan fingerprint density at radius 3 is 2.44 bits per heavy atom. The summed E-state index contributed by atoms with van der Waals surface area (Å²) in [6, 6.07) is 3.21. The lowest BCUT2D eigenvalue weighted by Gasteiger charge is -2.25. The van der Waals surface area contributed by atoms with Gasteiger partial charge in [-0.3, -0.25) is 0 Å². The standard InChI is InChI=1S/C23H21F6N5O2/c24-15-2-1-12(23(27,28)29)7-19(15)32-22(35)33-20-9-16(25)14(8-17(20)26)21-18(30)3-5-34(21)11-13-10-31-4-6-36-13/h1-3,5,7-9,13,31H,4,6,10-11,30H2,(H2,32,33,35). The molecular formula is C23H21F6N5O2. The van der Waals surface area contributed by atoms with E-state index in [1.807, 2.05) is 10.6 Å². The summed E-state index contributed by atoms with van der Waals surface area (Å²) in [7, 11) is 0. The maximum absolute atomic E-state index is 15.0. The zero-order chi connectivity index (χ0) is 26.0. The second-order valence-electron chi connectivity index (χ2n) is 8.05. The van der Waals surface area contributed by atoms with Crippen LogP contribution in [0.1, 0.15) is 5.56 Å². The van der Waals surface area contributed by atoms with Crippen molar-refractivity contribution in [3.63, 3.8) is 0 Å². The summed E-state index contributed by atoms with van der Waals surface area (Å²) in [5.74, 6) is -3.12. The highest BCUT2D eigenvalue weighted by atomic mass is 19.4. The Bertz CT molecular complexity index is 1270. The van der Waals surface area contributed by atoms with Gasteiger partial charge in [0.1, 0.15) is 17.5 Å². The van der Waals surface area contributed by atoms with E-state index in [1.165, 1.54) is 6.07 Å². The van der Waals surface area contributed by atoms with Crippen LogP contribution in [-0.2, 0) is 17.5 Å². The molecule has 1 fully saturated rings. The molecule has 3 aromatic rings. The molecule has 0 aliphatic carbocycles. The summed E-state index contributed by atoms with van der Waals surface area (Å²) in [4.78, 5) is 12.2. The predicted molar refractivity (Wildman–Crippen MR) is 121 cm³/mol. The molecule has 1 unspecified atom stereocenters. The van der Waals surface area contributed by atoms with E-state index in [2.05, 4.69) is 5.32 Å². The molecule has 2 aromatic carbocycles. The molecule has 2 amide bonds. The number of benzene rings is 2. The summed E-state index contributed by atoms with van der Waals surface area (Å²) in [6.07, 6.45) is -3.37. The van der Waals surface area contributed by atoms with Gasteiger partial charge in [0, 0.05) is 30.9 Å². The molecule has 0 bridgehead atoms. The van der Waals surface area contributed by atoms with Crippen molar-refractivity contribution in [3.8, 4) is 11.3 Å². The van der Waals surface area contributed by atoms with E-state index in [0.717, 1.165) is 6.07 Å². The number of alkyl halides is 3. The summed E-state index contributed by atoms with van der Waals surface area (Å²) in [5.41, 5.74) is 3.63. The highest BCUT2D eigenvalue weighted by Gasteiger charge is 2.31. The zero-order valence-corrected chi connectivity index (χ0v) is 18.6. The monoisotopic (exact) mass is 513 g/mol. The van der Waals surface area contributed by atoms with E-state index < -0.39 is 46.6 Å². The van der Waals surface area contributed by atoms with Crippen LogP contribution >= 0.6 is 0 Å². The van der Waals surface area contributed by atoms with E-state index in [9.17, 15) is 26.7 Å². The van der Waals surface area contributed by atoms with Crippen molar-refractivity contribution in [1.82, 2.24) is 9.88 Å². The zero-order valence-electron chi connectivity index (χ0n) is 18.6. The lowest BCUT2D eigenvalue weighted by Crippen LogP contribution is -2.40. The summed E-state index contributed by atoms with van der Waals surface area (Å²) >= 11 is 0. The Kier molecular flexibility index (Phi) is 7.13. The highest BCUT2D eigenvalue weighted by molar-refractivity contribution is 6.00. The van der Waals surface area contributed by atoms with E-state index in [0.29, 0.717) is 50.5 Å². The van der Waals surface area contributed by atoms with Crippen molar-refractivity contribution in [2.75, 3.05) is 36.1 Å². The van der Waals surface area contributed by atoms with Gasteiger partial charge in [0.25, 0.3) is 0 Å². The molecule has 1 atom stereocenters. The average molecular weight is 513 g/mol. The Morgan fingerprint density at radius 2 is 1.78 bits per heavy atom. The lowest BCUT2D eigenvalue weighted by molar-refractivity contribution is -0.137. The van der Waals surface area contributed by atoms with Gasteiger partial charge in [-0.1, -0.05) is 0 Å². The first-order valence-corrected chi connectivity index (χ1v) is 10.7. The van der Waals surface area contributed by atoms with E-state index >= 15 is 4.39 Å². The van der Waals surface area contributed by atoms with Gasteiger partial charge < -0.3 is 31.0 Å². The number of morpholine rings is 1. The predicted octanol–water partition coefficient (Wildman–Crippen LogP) is 4.81. The van der Waals surface area contributed by atoms with Crippen molar-refractivity contribution in [3.05, 3.63) is 65.6 Å². The van der Waals surface area contributed by atoms with Crippen LogP contribution in [-0.4, -0.2) is 36.4 Å². The number of nitrogen functional groups attached to an aromatic ring is 1. The number of urea groups is 1. The maximum Gasteiger partial charge on any atom is 0.416 e. The number of rotatable bonds is 5. The molecule has 5 N–H and O–H groups in total. The van der Waals surface area contributed by atoms with Crippen LogP contribution in [0.4, 0.5) is 48.2 Å². The van der Waals surface area contributed by atoms with Crippen molar-refractivity contribution < 1.29 is 35.9 Å². The van der Waals surface area contributed by atoms with Gasteiger partial charge in [-0.25, -0.2) is 18.0 Å². The van der Waals surface area contributed by atoms with Gasteiger partial charge >= 0.3 is 12.2 Å². The molecule has 1 saturated heterocycles. The van der Waals surface area contributed by atoms with Crippen LogP contribution in [0.3, 0.4) is 0 Å². The third-order valence-corrected chi connectivity index (χ3v) is 5.50. The molecule has 7 nitrogen and oxygen atoms in total. The first kappa shape index (κ1) is 25.4. The minimum absolute atomic E-state index is 0.173. The first-order chi connectivity index (χ1) is 17.0. The van der Waals surface area contributed by atoms with E-state index in [4.69, 9.17) is 10.5 Å². The van der Waals surface area contributed by atoms with Crippen LogP contribution in [0.15, 0.2) is 42.6 Å². The second kappa shape index (κ2) is 10.1. The molecule has 13 heteroatoms. The molecular weight excluding hydrogens is 492 g/mol. The normalized spacial score (nSPS) is 16.1. The van der Waals surface area contributed by atoms with Crippen LogP contribution in [0.25, 0.3) is 11.3 Å². The molecule has 0 saturated carbocycles. The number of hydrogen-bond donors (Lipinski definition) is 4. The summed E-state index contributed by atoms with van der Waals surface area (Å²) < 4.78 is 89.6. The van der Waals surface area contributed by atoms with Crippen molar-refractivity contribution in [1.29, 1.82) is 0 Å². The molecule has 1 aromatic heterocycles. The maximum atomic E-state index is 15.0. The molecule has 1 aliphatic heterocycles. The third kappa shape index (κ3) is 5.57. The topological polar surface area (TPSA) is 93.3 Å². The number of carbonyl (C=O) groups excluding carboxylic acids is 1. The number of anilines is 3. The van der Waals surface area contributed by atoms with Gasteiger partial charge in [0.15, 0.2) is 0 Å². The molecule has 4 rings (SSSR count). The number of hydrogen-bond acceptors (Lipinski definition) is 4. The van der Waals surface area contributed by atoms with Crippen LogP contribution in [0.2, 0.25) is 0 Å². The molecule has 36 heavy (non-hydrogen) atoms. The number of nitrogens with one attached hydrogen (secondary N) is 3.